The Morgan fingerprint density at radius 3 is 2.69 bits per heavy atom. The average Bonchev–Trinajstić information content (AvgIpc) is 3.12. The SMILES string of the molecule is CCNC(=NCC(=O)NCc1ccc(OC)cc1)N1CCC(COC)C1. The highest BCUT2D eigenvalue weighted by Gasteiger charge is 2.24. The second kappa shape index (κ2) is 10.7. The summed E-state index contributed by atoms with van der Waals surface area (Å²) >= 11 is 0. The predicted octanol–water partition coefficient (Wildman–Crippen LogP) is 1.25. The molecule has 0 saturated carbocycles. The van der Waals surface area contributed by atoms with Crippen molar-refractivity contribution in [2.75, 3.05) is 47.0 Å². The van der Waals surface area contributed by atoms with Gasteiger partial charge in [-0.3, -0.25) is 4.79 Å². The van der Waals surface area contributed by atoms with E-state index in [0.29, 0.717) is 12.5 Å². The van der Waals surface area contributed by atoms with Gasteiger partial charge >= 0.3 is 0 Å². The molecule has 2 N–H and O–H groups in total. The largest absolute Gasteiger partial charge is 0.497 e. The fourth-order valence-corrected chi connectivity index (χ4v) is 2.97. The Labute approximate surface area is 155 Å². The maximum atomic E-state index is 12.1. The summed E-state index contributed by atoms with van der Waals surface area (Å²) in [7, 11) is 3.36. The summed E-state index contributed by atoms with van der Waals surface area (Å²) in [5.41, 5.74) is 1.02. The van der Waals surface area contributed by atoms with Gasteiger partial charge in [-0.25, -0.2) is 4.99 Å². The predicted molar refractivity (Wildman–Crippen MR) is 102 cm³/mol. The van der Waals surface area contributed by atoms with Gasteiger partial charge in [-0.2, -0.15) is 0 Å². The Bertz CT molecular complexity index is 589. The number of benzene rings is 1. The zero-order chi connectivity index (χ0) is 18.8. The number of amides is 1. The van der Waals surface area contributed by atoms with E-state index in [1.54, 1.807) is 14.2 Å². The molecule has 1 amide bonds. The van der Waals surface area contributed by atoms with Gasteiger partial charge in [-0.15, -0.1) is 0 Å². The third kappa shape index (κ3) is 6.22. The lowest BCUT2D eigenvalue weighted by Gasteiger charge is -2.21. The van der Waals surface area contributed by atoms with Crippen LogP contribution in [0, 0.1) is 5.92 Å². The molecule has 1 saturated heterocycles. The molecule has 0 aromatic heterocycles. The van der Waals surface area contributed by atoms with Crippen LogP contribution in [-0.2, 0) is 16.1 Å². The van der Waals surface area contributed by atoms with Crippen LogP contribution in [0.25, 0.3) is 0 Å². The first-order valence-corrected chi connectivity index (χ1v) is 9.08. The van der Waals surface area contributed by atoms with Crippen LogP contribution in [0.1, 0.15) is 18.9 Å². The van der Waals surface area contributed by atoms with Gasteiger partial charge in [0.1, 0.15) is 12.3 Å². The van der Waals surface area contributed by atoms with Crippen LogP contribution < -0.4 is 15.4 Å². The van der Waals surface area contributed by atoms with E-state index >= 15 is 0 Å². The van der Waals surface area contributed by atoms with Gasteiger partial charge in [-0.05, 0) is 31.0 Å². The molecule has 2 rings (SSSR count). The van der Waals surface area contributed by atoms with Gasteiger partial charge in [0, 0.05) is 39.2 Å². The van der Waals surface area contributed by atoms with Crippen molar-refractivity contribution in [1.29, 1.82) is 0 Å². The maximum Gasteiger partial charge on any atom is 0.242 e. The second-order valence-corrected chi connectivity index (χ2v) is 6.35. The second-order valence-electron chi connectivity index (χ2n) is 6.35. The number of rotatable bonds is 8. The molecule has 1 unspecified atom stereocenters. The molecule has 0 spiro atoms. The van der Waals surface area contributed by atoms with Crippen molar-refractivity contribution < 1.29 is 14.3 Å². The summed E-state index contributed by atoms with van der Waals surface area (Å²) in [4.78, 5) is 18.8. The summed E-state index contributed by atoms with van der Waals surface area (Å²) in [6.07, 6.45) is 1.09. The molecule has 1 atom stereocenters. The number of carbonyl (C=O) groups is 1. The van der Waals surface area contributed by atoms with Gasteiger partial charge in [0.25, 0.3) is 0 Å². The molecule has 0 aliphatic carbocycles. The van der Waals surface area contributed by atoms with Crippen molar-refractivity contribution in [3.05, 3.63) is 29.8 Å². The van der Waals surface area contributed by atoms with E-state index in [4.69, 9.17) is 9.47 Å². The van der Waals surface area contributed by atoms with Crippen LogP contribution in [0.15, 0.2) is 29.3 Å². The lowest BCUT2D eigenvalue weighted by Crippen LogP contribution is -2.41. The van der Waals surface area contributed by atoms with Gasteiger partial charge < -0.3 is 25.0 Å². The summed E-state index contributed by atoms with van der Waals surface area (Å²) in [5, 5.41) is 6.17. The molecule has 1 aliphatic rings. The average molecular weight is 362 g/mol. The third-order valence-electron chi connectivity index (χ3n) is 4.34. The molecule has 26 heavy (non-hydrogen) atoms. The first-order chi connectivity index (χ1) is 12.7. The lowest BCUT2D eigenvalue weighted by atomic mass is 10.1. The van der Waals surface area contributed by atoms with Crippen molar-refractivity contribution in [3.8, 4) is 5.75 Å². The number of methoxy groups -OCH3 is 2. The van der Waals surface area contributed by atoms with Gasteiger partial charge in [0.05, 0.1) is 13.7 Å². The van der Waals surface area contributed by atoms with Gasteiger partial charge in [0.2, 0.25) is 5.91 Å². The third-order valence-corrected chi connectivity index (χ3v) is 4.34. The van der Waals surface area contributed by atoms with E-state index < -0.39 is 0 Å². The minimum Gasteiger partial charge on any atom is -0.497 e. The molecule has 1 aromatic carbocycles. The fraction of sp³-hybridized carbons (Fsp3) is 0.579. The zero-order valence-corrected chi connectivity index (χ0v) is 16.0. The number of hydrogen-bond acceptors (Lipinski definition) is 4. The normalized spacial score (nSPS) is 17.3. The van der Waals surface area contributed by atoms with Gasteiger partial charge in [0.15, 0.2) is 5.96 Å². The molecular weight excluding hydrogens is 332 g/mol. The minimum atomic E-state index is -0.0936. The van der Waals surface area contributed by atoms with Crippen LogP contribution >= 0.6 is 0 Å². The van der Waals surface area contributed by atoms with Crippen LogP contribution in [0.4, 0.5) is 0 Å². The van der Waals surface area contributed by atoms with Crippen LogP contribution in [0.2, 0.25) is 0 Å². The molecule has 1 heterocycles. The molecule has 0 radical (unpaired) electrons. The van der Waals surface area contributed by atoms with E-state index in [0.717, 1.165) is 49.9 Å². The summed E-state index contributed by atoms with van der Waals surface area (Å²) in [6.45, 7) is 6.01. The van der Waals surface area contributed by atoms with Crippen LogP contribution in [0.5, 0.6) is 5.75 Å². The van der Waals surface area contributed by atoms with Crippen LogP contribution in [0.3, 0.4) is 0 Å². The standard InChI is InChI=1S/C19H30N4O3/c1-4-20-19(23-10-9-16(13-23)14-25-2)22-12-18(24)21-11-15-5-7-17(26-3)8-6-15/h5-8,16H,4,9-14H2,1-3H3,(H,20,22)(H,21,24). The molecule has 144 valence electrons. The molecule has 7 nitrogen and oxygen atoms in total. The van der Waals surface area contributed by atoms with E-state index in [2.05, 4.69) is 20.5 Å². The molecule has 7 heteroatoms. The van der Waals surface area contributed by atoms with E-state index in [1.807, 2.05) is 31.2 Å². The number of carbonyl (C=O) groups excluding carboxylic acids is 1. The monoisotopic (exact) mass is 362 g/mol. The van der Waals surface area contributed by atoms with E-state index in [1.165, 1.54) is 0 Å². The number of hydrogen-bond donors (Lipinski definition) is 2. The topological polar surface area (TPSA) is 75.2 Å². The Balaban J connectivity index is 1.82. The van der Waals surface area contributed by atoms with Crippen molar-refractivity contribution in [1.82, 2.24) is 15.5 Å². The fourth-order valence-electron chi connectivity index (χ4n) is 2.97. The summed E-state index contributed by atoms with van der Waals surface area (Å²) < 4.78 is 10.4. The molecule has 0 bridgehead atoms. The minimum absolute atomic E-state index is 0.0936. The number of aliphatic imine (C=N–C) groups is 1. The van der Waals surface area contributed by atoms with E-state index in [9.17, 15) is 4.79 Å². The quantitative estimate of drug-likeness (QED) is 0.538. The summed E-state index contributed by atoms with van der Waals surface area (Å²) in [6, 6.07) is 7.64. The molecule has 1 aromatic rings. The summed E-state index contributed by atoms with van der Waals surface area (Å²) in [5.74, 6) is 2.03. The molecular formula is C19H30N4O3. The number of nitrogens with zero attached hydrogens (tertiary/aromatic N) is 2. The Kier molecular flexibility index (Phi) is 8.21. The first kappa shape index (κ1) is 20.0. The highest BCUT2D eigenvalue weighted by atomic mass is 16.5. The Morgan fingerprint density at radius 1 is 1.27 bits per heavy atom. The smallest absolute Gasteiger partial charge is 0.242 e. The number of ether oxygens (including phenoxy) is 2. The van der Waals surface area contributed by atoms with E-state index in [-0.39, 0.29) is 12.5 Å². The first-order valence-electron chi connectivity index (χ1n) is 9.08. The highest BCUT2D eigenvalue weighted by Crippen LogP contribution is 2.16. The highest BCUT2D eigenvalue weighted by molar-refractivity contribution is 5.85. The Morgan fingerprint density at radius 2 is 2.04 bits per heavy atom. The van der Waals surface area contributed by atoms with Crippen LogP contribution in [-0.4, -0.2) is 63.8 Å². The van der Waals surface area contributed by atoms with Crippen molar-refractivity contribution >= 4 is 11.9 Å². The Hall–Kier alpha value is -2.28. The number of nitrogens with one attached hydrogen (secondary N) is 2. The lowest BCUT2D eigenvalue weighted by molar-refractivity contribution is -0.119. The molecule has 1 fully saturated rings. The van der Waals surface area contributed by atoms with Crippen molar-refractivity contribution in [3.63, 3.8) is 0 Å². The van der Waals surface area contributed by atoms with Crippen molar-refractivity contribution in [2.24, 2.45) is 10.9 Å². The maximum absolute atomic E-state index is 12.1. The van der Waals surface area contributed by atoms with Gasteiger partial charge in [-0.1, -0.05) is 12.1 Å². The number of guanidine groups is 1. The zero-order valence-electron chi connectivity index (χ0n) is 16.0. The van der Waals surface area contributed by atoms with Crippen molar-refractivity contribution in [2.45, 2.75) is 19.9 Å². The molecule has 1 aliphatic heterocycles. The number of likely N-dealkylation sites (tertiary alicyclic amines) is 1.